The zero-order chi connectivity index (χ0) is 22.2. The van der Waals surface area contributed by atoms with Gasteiger partial charge >= 0.3 is 15.6 Å². The summed E-state index contributed by atoms with van der Waals surface area (Å²) in [4.78, 5) is 16.4. The van der Waals surface area contributed by atoms with Gasteiger partial charge < -0.3 is 14.9 Å². The molecule has 4 rings (SSSR count). The van der Waals surface area contributed by atoms with E-state index in [-0.39, 0.29) is 15.8 Å². The molecule has 0 radical (unpaired) electrons. The lowest BCUT2D eigenvalue weighted by Gasteiger charge is -2.32. The van der Waals surface area contributed by atoms with Crippen LogP contribution in [0.1, 0.15) is 41.0 Å². The van der Waals surface area contributed by atoms with Gasteiger partial charge in [0.05, 0.1) is 10.0 Å². The third-order valence-electron chi connectivity index (χ3n) is 5.15. The fraction of sp³-hybridized carbons (Fsp3) is 0.211. The average molecular weight is 503 g/mol. The summed E-state index contributed by atoms with van der Waals surface area (Å²) in [5.74, 6) is -0.906. The summed E-state index contributed by atoms with van der Waals surface area (Å²) in [7, 11) is -5.87. The molecular weight excluding hydrogens is 489 g/mol. The van der Waals surface area contributed by atoms with Gasteiger partial charge in [0.15, 0.2) is 11.5 Å². The van der Waals surface area contributed by atoms with Gasteiger partial charge in [-0.25, -0.2) is 0 Å². The molecule has 0 amide bonds. The van der Waals surface area contributed by atoms with Crippen molar-refractivity contribution in [3.63, 3.8) is 0 Å². The lowest BCUT2D eigenvalue weighted by molar-refractivity contribution is -0.0500. The predicted octanol–water partition coefficient (Wildman–Crippen LogP) is 4.61. The molecule has 0 bridgehead atoms. The topological polar surface area (TPSA) is 102 Å². The standard InChI is InChI=1S/C19H14BrF3N2O4S/c1-18(2)11-7-14(29-30(27,28)19(21,22)23)12(20)6-10(11)16(26)15-9-4-3-8(24)5-13(9)25-17(15)18/h3-7,25H,24H2,1-2H3. The van der Waals surface area contributed by atoms with Crippen LogP contribution in [0.5, 0.6) is 5.75 Å². The van der Waals surface area contributed by atoms with Crippen molar-refractivity contribution >= 4 is 48.4 Å². The van der Waals surface area contributed by atoms with Gasteiger partial charge in [0, 0.05) is 33.3 Å². The molecule has 0 spiro atoms. The number of carbonyl (C=O) groups excluding carboxylic acids is 1. The Morgan fingerprint density at radius 2 is 1.83 bits per heavy atom. The fourth-order valence-corrected chi connectivity index (χ4v) is 4.68. The number of alkyl halides is 3. The normalized spacial score (nSPS) is 15.7. The predicted molar refractivity (Wildman–Crippen MR) is 108 cm³/mol. The number of nitrogen functional groups attached to an aromatic ring is 1. The number of fused-ring (bicyclic) bond motifs is 4. The number of hydrogen-bond acceptors (Lipinski definition) is 5. The van der Waals surface area contributed by atoms with E-state index in [1.807, 2.05) is 0 Å². The average Bonchev–Trinajstić information content (AvgIpc) is 3.00. The number of carbonyl (C=O) groups is 1. The zero-order valence-electron chi connectivity index (χ0n) is 15.5. The van der Waals surface area contributed by atoms with Crippen LogP contribution in [-0.2, 0) is 15.5 Å². The Balaban J connectivity index is 1.93. The van der Waals surface area contributed by atoms with Crippen molar-refractivity contribution in [1.29, 1.82) is 0 Å². The van der Waals surface area contributed by atoms with Crippen molar-refractivity contribution in [2.75, 3.05) is 5.73 Å². The first-order valence-electron chi connectivity index (χ1n) is 8.55. The van der Waals surface area contributed by atoms with Gasteiger partial charge in [0.1, 0.15) is 0 Å². The molecule has 0 saturated carbocycles. The maximum Gasteiger partial charge on any atom is 0.534 e. The second kappa shape index (κ2) is 6.24. The van der Waals surface area contributed by atoms with Gasteiger partial charge in [0.2, 0.25) is 0 Å². The van der Waals surface area contributed by atoms with Crippen LogP contribution in [0.15, 0.2) is 34.8 Å². The maximum atomic E-state index is 13.3. The van der Waals surface area contributed by atoms with Crippen molar-refractivity contribution in [1.82, 2.24) is 4.98 Å². The van der Waals surface area contributed by atoms with Crippen LogP contribution in [0.2, 0.25) is 0 Å². The van der Waals surface area contributed by atoms with Crippen LogP contribution in [-0.4, -0.2) is 24.7 Å². The molecule has 1 aromatic heterocycles. The molecule has 158 valence electrons. The summed E-state index contributed by atoms with van der Waals surface area (Å²) in [6.07, 6.45) is 0. The van der Waals surface area contributed by atoms with Crippen molar-refractivity contribution in [2.24, 2.45) is 0 Å². The highest BCUT2D eigenvalue weighted by atomic mass is 79.9. The number of hydrogen-bond donors (Lipinski definition) is 2. The molecule has 6 nitrogen and oxygen atoms in total. The van der Waals surface area contributed by atoms with Gasteiger partial charge in [-0.1, -0.05) is 19.9 Å². The molecule has 1 heterocycles. The first-order valence-corrected chi connectivity index (χ1v) is 10.8. The van der Waals surface area contributed by atoms with Gasteiger partial charge in [0.25, 0.3) is 0 Å². The van der Waals surface area contributed by atoms with E-state index >= 15 is 0 Å². The van der Waals surface area contributed by atoms with Crippen molar-refractivity contribution in [3.8, 4) is 5.75 Å². The summed E-state index contributed by atoms with van der Waals surface area (Å²) in [6.45, 7) is 3.54. The minimum Gasteiger partial charge on any atom is -0.399 e. The van der Waals surface area contributed by atoms with Crippen molar-refractivity contribution < 1.29 is 30.6 Å². The Bertz CT molecular complexity index is 1340. The lowest BCUT2D eigenvalue weighted by Crippen LogP contribution is -2.31. The highest BCUT2D eigenvalue weighted by Crippen LogP contribution is 2.47. The molecule has 1 aliphatic carbocycles. The lowest BCUT2D eigenvalue weighted by atomic mass is 9.71. The number of aromatic amines is 1. The number of H-pyrrole nitrogens is 1. The summed E-state index contributed by atoms with van der Waals surface area (Å²) >= 11 is 3.02. The zero-order valence-corrected chi connectivity index (χ0v) is 17.9. The molecule has 30 heavy (non-hydrogen) atoms. The number of aromatic nitrogens is 1. The number of rotatable bonds is 2. The van der Waals surface area contributed by atoms with E-state index in [1.165, 1.54) is 6.07 Å². The number of halogens is 4. The molecule has 3 N–H and O–H groups in total. The highest BCUT2D eigenvalue weighted by Gasteiger charge is 2.49. The maximum absolute atomic E-state index is 13.3. The molecule has 1 aliphatic rings. The van der Waals surface area contributed by atoms with Crippen LogP contribution < -0.4 is 9.92 Å². The van der Waals surface area contributed by atoms with E-state index in [4.69, 9.17) is 5.73 Å². The molecule has 0 unspecified atom stereocenters. The molecule has 0 fully saturated rings. The number of anilines is 1. The van der Waals surface area contributed by atoms with Crippen LogP contribution >= 0.6 is 15.9 Å². The van der Waals surface area contributed by atoms with Crippen LogP contribution in [0, 0.1) is 0 Å². The van der Waals surface area contributed by atoms with E-state index in [0.717, 1.165) is 6.07 Å². The smallest absolute Gasteiger partial charge is 0.399 e. The minimum atomic E-state index is -5.87. The highest BCUT2D eigenvalue weighted by molar-refractivity contribution is 9.10. The third-order valence-corrected chi connectivity index (χ3v) is 6.73. The second-order valence-electron chi connectivity index (χ2n) is 7.45. The van der Waals surface area contributed by atoms with Gasteiger partial charge in [-0.05, 0) is 45.8 Å². The molecule has 3 aromatic rings. The SMILES string of the molecule is CC1(C)c2cc(OS(=O)(=O)C(F)(F)F)c(Br)cc2C(=O)c2c1[nH]c1cc(N)ccc21. The molecule has 0 aliphatic heterocycles. The van der Waals surface area contributed by atoms with Crippen molar-refractivity contribution in [3.05, 3.63) is 57.2 Å². The third kappa shape index (κ3) is 2.90. The summed E-state index contributed by atoms with van der Waals surface area (Å²) in [5.41, 5.74) is 2.06. The van der Waals surface area contributed by atoms with E-state index in [2.05, 4.69) is 25.1 Å². The van der Waals surface area contributed by atoms with E-state index in [0.29, 0.717) is 33.4 Å². The minimum absolute atomic E-state index is 0.0919. The Kier molecular flexibility index (Phi) is 4.31. The summed E-state index contributed by atoms with van der Waals surface area (Å²) in [6, 6.07) is 7.49. The molecular formula is C19H14BrF3N2O4S. The van der Waals surface area contributed by atoms with E-state index in [9.17, 15) is 26.4 Å². The van der Waals surface area contributed by atoms with Crippen LogP contribution in [0.4, 0.5) is 18.9 Å². The van der Waals surface area contributed by atoms with Gasteiger partial charge in [-0.2, -0.15) is 21.6 Å². The number of ketones is 1. The molecule has 2 aromatic carbocycles. The van der Waals surface area contributed by atoms with Crippen molar-refractivity contribution in [2.45, 2.75) is 24.8 Å². The van der Waals surface area contributed by atoms with E-state index < -0.39 is 26.8 Å². The number of nitrogens with one attached hydrogen (secondary N) is 1. The summed E-state index contributed by atoms with van der Waals surface area (Å²) < 4.78 is 65.4. The summed E-state index contributed by atoms with van der Waals surface area (Å²) in [5, 5.41) is 0.666. The Morgan fingerprint density at radius 3 is 2.47 bits per heavy atom. The van der Waals surface area contributed by atoms with Gasteiger partial charge in [-0.15, -0.1) is 0 Å². The number of benzene rings is 2. The molecule has 11 heteroatoms. The first-order chi connectivity index (χ1) is 13.7. The fourth-order valence-electron chi connectivity index (χ4n) is 3.68. The Hall–Kier alpha value is -2.53. The number of nitrogens with two attached hydrogens (primary N) is 1. The quantitative estimate of drug-likeness (QED) is 0.302. The molecule has 0 atom stereocenters. The Labute approximate surface area is 177 Å². The van der Waals surface area contributed by atoms with E-state index in [1.54, 1.807) is 32.0 Å². The molecule has 0 saturated heterocycles. The van der Waals surface area contributed by atoms with Crippen LogP contribution in [0.3, 0.4) is 0 Å². The van der Waals surface area contributed by atoms with Gasteiger partial charge in [-0.3, -0.25) is 4.79 Å². The van der Waals surface area contributed by atoms with Crippen LogP contribution in [0.25, 0.3) is 10.9 Å². The Morgan fingerprint density at radius 1 is 1.17 bits per heavy atom. The first kappa shape index (κ1) is 20.7. The largest absolute Gasteiger partial charge is 0.534 e. The monoisotopic (exact) mass is 502 g/mol. The second-order valence-corrected chi connectivity index (χ2v) is 9.84.